The molecule has 1 saturated carbocycles. The zero-order valence-corrected chi connectivity index (χ0v) is 11.4. The average Bonchev–Trinajstić information content (AvgIpc) is 3.27. The molecule has 5 nitrogen and oxygen atoms in total. The van der Waals surface area contributed by atoms with Crippen LogP contribution in [-0.4, -0.2) is 37.6 Å². The number of rotatable bonds is 7. The number of carbonyl (C=O) groups excluding carboxylic acids is 1. The molecule has 19 heavy (non-hydrogen) atoms. The van der Waals surface area contributed by atoms with Crippen LogP contribution in [-0.2, 0) is 14.3 Å². The molecule has 0 unspecified atom stereocenters. The quantitative estimate of drug-likeness (QED) is 0.681. The Morgan fingerprint density at radius 2 is 2.32 bits per heavy atom. The van der Waals surface area contributed by atoms with Gasteiger partial charge in [0.25, 0.3) is 5.91 Å². The van der Waals surface area contributed by atoms with Gasteiger partial charge in [0.05, 0.1) is 6.61 Å². The predicted molar refractivity (Wildman–Crippen MR) is 70.1 cm³/mol. The van der Waals surface area contributed by atoms with Gasteiger partial charge >= 0.3 is 0 Å². The Kier molecular flexibility index (Phi) is 5.22. The lowest BCUT2D eigenvalue weighted by Gasteiger charge is -2.29. The van der Waals surface area contributed by atoms with Crippen LogP contribution >= 0.6 is 0 Å². The van der Waals surface area contributed by atoms with E-state index in [-0.39, 0.29) is 18.8 Å². The highest BCUT2D eigenvalue weighted by atomic mass is 16.7. The van der Waals surface area contributed by atoms with Gasteiger partial charge in [-0.05, 0) is 43.6 Å². The Morgan fingerprint density at radius 1 is 1.53 bits per heavy atom. The van der Waals surface area contributed by atoms with Crippen molar-refractivity contribution in [2.24, 2.45) is 11.8 Å². The van der Waals surface area contributed by atoms with Crippen molar-refractivity contribution in [1.82, 2.24) is 5.32 Å². The van der Waals surface area contributed by atoms with Crippen LogP contribution in [0.1, 0.15) is 32.1 Å². The number of aliphatic hydroxyl groups is 1. The number of unbranched alkanes of at least 4 members (excludes halogenated alkanes) is 1. The van der Waals surface area contributed by atoms with Crippen molar-refractivity contribution in [2.75, 3.05) is 20.3 Å². The molecule has 0 bridgehead atoms. The molecule has 2 rings (SSSR count). The molecule has 1 fully saturated rings. The van der Waals surface area contributed by atoms with Crippen molar-refractivity contribution >= 4 is 5.91 Å². The van der Waals surface area contributed by atoms with E-state index in [1.54, 1.807) is 7.05 Å². The molecule has 0 radical (unpaired) electrons. The first-order valence-electron chi connectivity index (χ1n) is 7.07. The smallest absolute Gasteiger partial charge is 0.285 e. The van der Waals surface area contributed by atoms with Crippen LogP contribution in [0.15, 0.2) is 11.8 Å². The fraction of sp³-hybridized carbons (Fsp3) is 0.786. The van der Waals surface area contributed by atoms with Crippen LogP contribution in [0.4, 0.5) is 0 Å². The standard InChI is InChI=1S/C14H23NO4/c1-15-14(17)12-8-11(10-4-5-10)9-13(19-12)18-7-3-2-6-16/h8,10-11,13,16H,2-7,9H2,1H3,(H,15,17)/t11-,13+/m1/s1. The molecule has 108 valence electrons. The number of amides is 1. The minimum absolute atomic E-state index is 0.184. The normalized spacial score (nSPS) is 26.5. The summed E-state index contributed by atoms with van der Waals surface area (Å²) in [6.07, 6.45) is 6.45. The lowest BCUT2D eigenvalue weighted by molar-refractivity contribution is -0.149. The molecule has 1 aliphatic heterocycles. The van der Waals surface area contributed by atoms with E-state index in [0.29, 0.717) is 24.2 Å². The third kappa shape index (κ3) is 4.21. The zero-order chi connectivity index (χ0) is 13.7. The number of nitrogens with one attached hydrogen (secondary N) is 1. The van der Waals surface area contributed by atoms with Gasteiger partial charge in [-0.3, -0.25) is 4.79 Å². The molecule has 1 aliphatic carbocycles. The lowest BCUT2D eigenvalue weighted by atomic mass is 9.96. The van der Waals surface area contributed by atoms with E-state index in [9.17, 15) is 4.79 Å². The molecule has 0 aromatic rings. The molecule has 0 aromatic heterocycles. The summed E-state index contributed by atoms with van der Waals surface area (Å²) in [6, 6.07) is 0. The maximum absolute atomic E-state index is 11.7. The second kappa shape index (κ2) is 6.91. The van der Waals surface area contributed by atoms with E-state index in [1.165, 1.54) is 12.8 Å². The third-order valence-corrected chi connectivity index (χ3v) is 3.62. The Hall–Kier alpha value is -1.07. The van der Waals surface area contributed by atoms with E-state index in [2.05, 4.69) is 5.32 Å². The number of hydrogen-bond acceptors (Lipinski definition) is 4. The van der Waals surface area contributed by atoms with Crippen LogP contribution in [0.5, 0.6) is 0 Å². The van der Waals surface area contributed by atoms with Gasteiger partial charge in [0.15, 0.2) is 5.76 Å². The Bertz CT molecular complexity index is 338. The van der Waals surface area contributed by atoms with Crippen molar-refractivity contribution in [3.8, 4) is 0 Å². The lowest BCUT2D eigenvalue weighted by Crippen LogP contribution is -2.32. The van der Waals surface area contributed by atoms with Crippen LogP contribution < -0.4 is 5.32 Å². The molecule has 2 aliphatic rings. The Morgan fingerprint density at radius 3 is 2.95 bits per heavy atom. The van der Waals surface area contributed by atoms with Gasteiger partial charge in [0.1, 0.15) is 0 Å². The minimum atomic E-state index is -0.332. The first kappa shape index (κ1) is 14.3. The first-order valence-corrected chi connectivity index (χ1v) is 7.07. The van der Waals surface area contributed by atoms with Gasteiger partial charge in [-0.25, -0.2) is 0 Å². The Labute approximate surface area is 114 Å². The van der Waals surface area contributed by atoms with Gasteiger partial charge in [-0.2, -0.15) is 0 Å². The molecule has 0 aromatic carbocycles. The average molecular weight is 269 g/mol. The number of ether oxygens (including phenoxy) is 2. The second-order valence-corrected chi connectivity index (χ2v) is 5.20. The van der Waals surface area contributed by atoms with Gasteiger partial charge in [0.2, 0.25) is 6.29 Å². The van der Waals surface area contributed by atoms with Crippen molar-refractivity contribution in [1.29, 1.82) is 0 Å². The maximum atomic E-state index is 11.7. The molecule has 1 amide bonds. The first-order chi connectivity index (χ1) is 9.24. The van der Waals surface area contributed by atoms with E-state index in [1.807, 2.05) is 6.08 Å². The fourth-order valence-electron chi connectivity index (χ4n) is 2.35. The van der Waals surface area contributed by atoms with Crippen LogP contribution in [0, 0.1) is 11.8 Å². The number of hydrogen-bond donors (Lipinski definition) is 2. The summed E-state index contributed by atoms with van der Waals surface area (Å²) in [5.41, 5.74) is 0. The molecular formula is C14H23NO4. The van der Waals surface area contributed by atoms with Gasteiger partial charge < -0.3 is 19.9 Å². The van der Waals surface area contributed by atoms with Crippen molar-refractivity contribution in [3.63, 3.8) is 0 Å². The second-order valence-electron chi connectivity index (χ2n) is 5.20. The highest BCUT2D eigenvalue weighted by Crippen LogP contribution is 2.42. The van der Waals surface area contributed by atoms with E-state index >= 15 is 0 Å². The predicted octanol–water partition coefficient (Wildman–Crippen LogP) is 1.18. The third-order valence-electron chi connectivity index (χ3n) is 3.62. The molecule has 2 N–H and O–H groups in total. The van der Waals surface area contributed by atoms with E-state index in [4.69, 9.17) is 14.6 Å². The SMILES string of the molecule is CNC(=O)C1=C[C@@H](C2CC2)C[C@@H](OCCCCO)O1. The summed E-state index contributed by atoms with van der Waals surface area (Å²) in [4.78, 5) is 11.7. The molecule has 5 heteroatoms. The van der Waals surface area contributed by atoms with E-state index < -0.39 is 0 Å². The van der Waals surface area contributed by atoms with Gasteiger partial charge in [0, 0.05) is 20.1 Å². The maximum Gasteiger partial charge on any atom is 0.285 e. The molecule has 1 heterocycles. The summed E-state index contributed by atoms with van der Waals surface area (Å²) in [6.45, 7) is 0.743. The number of aliphatic hydroxyl groups excluding tert-OH is 1. The highest BCUT2D eigenvalue weighted by molar-refractivity contribution is 5.91. The summed E-state index contributed by atoms with van der Waals surface area (Å²) >= 11 is 0. The van der Waals surface area contributed by atoms with Crippen LogP contribution in [0.2, 0.25) is 0 Å². The van der Waals surface area contributed by atoms with Crippen LogP contribution in [0.25, 0.3) is 0 Å². The van der Waals surface area contributed by atoms with Crippen LogP contribution in [0.3, 0.4) is 0 Å². The van der Waals surface area contributed by atoms with Crippen molar-refractivity contribution in [2.45, 2.75) is 38.4 Å². The summed E-state index contributed by atoms with van der Waals surface area (Å²) in [5.74, 6) is 1.28. The van der Waals surface area contributed by atoms with Crippen molar-refractivity contribution in [3.05, 3.63) is 11.8 Å². The summed E-state index contributed by atoms with van der Waals surface area (Å²) in [7, 11) is 1.60. The molecule has 0 spiro atoms. The monoisotopic (exact) mass is 269 g/mol. The number of likely N-dealkylation sites (N-methyl/N-ethyl adjacent to an activating group) is 1. The molecular weight excluding hydrogens is 246 g/mol. The largest absolute Gasteiger partial charge is 0.459 e. The summed E-state index contributed by atoms with van der Waals surface area (Å²) < 4.78 is 11.3. The molecule has 2 atom stereocenters. The minimum Gasteiger partial charge on any atom is -0.459 e. The number of carbonyl (C=O) groups is 1. The topological polar surface area (TPSA) is 67.8 Å². The highest BCUT2D eigenvalue weighted by Gasteiger charge is 2.36. The molecule has 0 saturated heterocycles. The van der Waals surface area contributed by atoms with Gasteiger partial charge in [-0.15, -0.1) is 0 Å². The van der Waals surface area contributed by atoms with Gasteiger partial charge in [-0.1, -0.05) is 0 Å². The number of allylic oxidation sites excluding steroid dienone is 1. The van der Waals surface area contributed by atoms with Crippen molar-refractivity contribution < 1.29 is 19.4 Å². The summed E-state index contributed by atoms with van der Waals surface area (Å²) in [5, 5.41) is 11.3. The van der Waals surface area contributed by atoms with E-state index in [0.717, 1.165) is 19.3 Å². The zero-order valence-electron chi connectivity index (χ0n) is 11.4. The Balaban J connectivity index is 1.87. The fourth-order valence-corrected chi connectivity index (χ4v) is 2.35.